The van der Waals surface area contributed by atoms with Crippen LogP contribution < -0.4 is 10.2 Å². The number of nitrogens with one attached hydrogen (secondary N) is 1. The number of hydrogen-bond acceptors (Lipinski definition) is 6. The lowest BCUT2D eigenvalue weighted by Crippen LogP contribution is -2.48. The molecule has 23 heavy (non-hydrogen) atoms. The van der Waals surface area contributed by atoms with Gasteiger partial charge in [0.2, 0.25) is 5.95 Å². The van der Waals surface area contributed by atoms with E-state index in [9.17, 15) is 0 Å². The van der Waals surface area contributed by atoms with E-state index in [0.29, 0.717) is 0 Å². The molecule has 1 aromatic heterocycles. The van der Waals surface area contributed by atoms with Crippen LogP contribution in [0.1, 0.15) is 25.5 Å². The smallest absolute Gasteiger partial charge is 0.227 e. The zero-order valence-electron chi connectivity index (χ0n) is 14.4. The van der Waals surface area contributed by atoms with Crippen molar-refractivity contribution in [3.63, 3.8) is 0 Å². The number of aryl methyl sites for hydroxylation is 1. The maximum atomic E-state index is 5.46. The van der Waals surface area contributed by atoms with Crippen molar-refractivity contribution < 1.29 is 4.74 Å². The fourth-order valence-corrected chi connectivity index (χ4v) is 3.39. The van der Waals surface area contributed by atoms with E-state index in [1.165, 1.54) is 19.4 Å². The average Bonchev–Trinajstić information content (AvgIpc) is 2.56. The minimum atomic E-state index is 0.811. The summed E-state index contributed by atoms with van der Waals surface area (Å²) in [5, 5.41) is 3.29. The summed E-state index contributed by atoms with van der Waals surface area (Å²) in [7, 11) is 0. The molecule has 0 aromatic carbocycles. The Hall–Kier alpha value is -1.40. The van der Waals surface area contributed by atoms with Crippen LogP contribution in [0.5, 0.6) is 0 Å². The zero-order valence-corrected chi connectivity index (χ0v) is 14.4. The van der Waals surface area contributed by atoms with Gasteiger partial charge >= 0.3 is 0 Å². The molecule has 0 aliphatic carbocycles. The molecule has 0 unspecified atom stereocenters. The van der Waals surface area contributed by atoms with E-state index in [-0.39, 0.29) is 0 Å². The summed E-state index contributed by atoms with van der Waals surface area (Å²) in [4.78, 5) is 14.2. The van der Waals surface area contributed by atoms with Gasteiger partial charge in [0.15, 0.2) is 0 Å². The van der Waals surface area contributed by atoms with Gasteiger partial charge in [0.25, 0.3) is 0 Å². The number of aromatic nitrogens is 2. The molecule has 3 heterocycles. The minimum Gasteiger partial charge on any atom is -0.381 e. The van der Waals surface area contributed by atoms with Crippen molar-refractivity contribution in [2.24, 2.45) is 5.92 Å². The first kappa shape index (κ1) is 16.5. The summed E-state index contributed by atoms with van der Waals surface area (Å²) in [6.45, 7) is 12.3. The molecule has 0 radical (unpaired) electrons. The fraction of sp³-hybridized carbons (Fsp3) is 0.765. The predicted octanol–water partition coefficient (Wildman–Crippen LogP) is 1.77. The van der Waals surface area contributed by atoms with Crippen LogP contribution in [0.2, 0.25) is 0 Å². The first-order valence-electron chi connectivity index (χ1n) is 8.89. The van der Waals surface area contributed by atoms with E-state index >= 15 is 0 Å². The van der Waals surface area contributed by atoms with E-state index in [1.54, 1.807) is 0 Å². The monoisotopic (exact) mass is 319 g/mol. The number of nitrogens with zero attached hydrogens (tertiary/aromatic N) is 4. The average molecular weight is 319 g/mol. The molecule has 2 aliphatic heterocycles. The van der Waals surface area contributed by atoms with Crippen LogP contribution in [0.3, 0.4) is 0 Å². The molecule has 3 rings (SSSR count). The third kappa shape index (κ3) is 4.54. The Morgan fingerprint density at radius 3 is 2.61 bits per heavy atom. The molecule has 0 atom stereocenters. The summed E-state index contributed by atoms with van der Waals surface area (Å²) in [5.74, 6) is 2.61. The van der Waals surface area contributed by atoms with Gasteiger partial charge in [-0.15, -0.1) is 0 Å². The van der Waals surface area contributed by atoms with Gasteiger partial charge in [0, 0.05) is 64.2 Å². The van der Waals surface area contributed by atoms with Crippen LogP contribution in [-0.2, 0) is 4.74 Å². The summed E-state index contributed by atoms with van der Waals surface area (Å²) in [6.07, 6.45) is 2.43. The number of ether oxygens (including phenoxy) is 1. The lowest BCUT2D eigenvalue weighted by Gasteiger charge is -2.37. The molecule has 1 aromatic rings. The maximum absolute atomic E-state index is 5.46. The first-order valence-corrected chi connectivity index (χ1v) is 8.89. The molecule has 128 valence electrons. The highest BCUT2D eigenvalue weighted by molar-refractivity contribution is 5.43. The summed E-state index contributed by atoms with van der Waals surface area (Å²) >= 11 is 0. The van der Waals surface area contributed by atoms with E-state index in [2.05, 4.69) is 32.0 Å². The SMILES string of the molecule is CCNc1cc(C)nc(N2CCN(CC3CCOCC3)CC2)n1. The maximum Gasteiger partial charge on any atom is 0.227 e. The molecule has 2 saturated heterocycles. The van der Waals surface area contributed by atoms with Gasteiger partial charge in [-0.1, -0.05) is 0 Å². The Morgan fingerprint density at radius 2 is 1.91 bits per heavy atom. The van der Waals surface area contributed by atoms with E-state index < -0.39 is 0 Å². The molecular formula is C17H29N5O. The number of anilines is 2. The van der Waals surface area contributed by atoms with Gasteiger partial charge in [0.1, 0.15) is 5.82 Å². The largest absolute Gasteiger partial charge is 0.381 e. The van der Waals surface area contributed by atoms with Crippen LogP contribution in [0.4, 0.5) is 11.8 Å². The van der Waals surface area contributed by atoms with Crippen molar-refractivity contribution >= 4 is 11.8 Å². The Balaban J connectivity index is 1.54. The van der Waals surface area contributed by atoms with Crippen molar-refractivity contribution in [3.8, 4) is 0 Å². The van der Waals surface area contributed by atoms with Gasteiger partial charge in [0.05, 0.1) is 0 Å². The van der Waals surface area contributed by atoms with Gasteiger partial charge < -0.3 is 15.0 Å². The van der Waals surface area contributed by atoms with Gasteiger partial charge in [-0.3, -0.25) is 4.90 Å². The Labute approximate surface area is 139 Å². The second kappa shape index (κ2) is 7.93. The number of piperazine rings is 1. The van der Waals surface area contributed by atoms with Gasteiger partial charge in [-0.25, -0.2) is 4.98 Å². The molecule has 0 spiro atoms. The standard InChI is InChI=1S/C17H29N5O/c1-3-18-16-12-14(2)19-17(20-16)22-8-6-21(7-9-22)13-15-4-10-23-11-5-15/h12,15H,3-11,13H2,1-2H3,(H,18,19,20). The van der Waals surface area contributed by atoms with Crippen molar-refractivity contribution in [1.82, 2.24) is 14.9 Å². The molecule has 0 saturated carbocycles. The van der Waals surface area contributed by atoms with Gasteiger partial charge in [-0.05, 0) is 32.6 Å². The third-order valence-corrected chi connectivity index (χ3v) is 4.71. The summed E-state index contributed by atoms with van der Waals surface area (Å²) in [6, 6.07) is 2.01. The molecule has 2 aliphatic rings. The predicted molar refractivity (Wildman–Crippen MR) is 93.1 cm³/mol. The summed E-state index contributed by atoms with van der Waals surface area (Å²) < 4.78 is 5.46. The topological polar surface area (TPSA) is 53.5 Å². The first-order chi connectivity index (χ1) is 11.2. The lowest BCUT2D eigenvalue weighted by molar-refractivity contribution is 0.0517. The molecule has 6 nitrogen and oxygen atoms in total. The fourth-order valence-electron chi connectivity index (χ4n) is 3.39. The van der Waals surface area contributed by atoms with E-state index in [4.69, 9.17) is 4.74 Å². The Bertz CT molecular complexity index is 496. The lowest BCUT2D eigenvalue weighted by atomic mass is 9.99. The Kier molecular flexibility index (Phi) is 5.67. The summed E-state index contributed by atoms with van der Waals surface area (Å²) in [5.41, 5.74) is 1.02. The number of hydrogen-bond donors (Lipinski definition) is 1. The van der Waals surface area contributed by atoms with Crippen LogP contribution in [0.25, 0.3) is 0 Å². The second-order valence-electron chi connectivity index (χ2n) is 6.57. The third-order valence-electron chi connectivity index (χ3n) is 4.71. The molecule has 1 N–H and O–H groups in total. The van der Waals surface area contributed by atoms with Crippen molar-refractivity contribution in [2.75, 3.05) is 62.7 Å². The zero-order chi connectivity index (χ0) is 16.1. The Morgan fingerprint density at radius 1 is 1.17 bits per heavy atom. The quantitative estimate of drug-likeness (QED) is 0.893. The highest BCUT2D eigenvalue weighted by atomic mass is 16.5. The molecular weight excluding hydrogens is 290 g/mol. The van der Waals surface area contributed by atoms with Crippen LogP contribution in [-0.4, -0.2) is 67.4 Å². The van der Waals surface area contributed by atoms with Crippen molar-refractivity contribution in [3.05, 3.63) is 11.8 Å². The molecule has 6 heteroatoms. The number of rotatable bonds is 5. The molecule has 0 bridgehead atoms. The molecule has 0 amide bonds. The van der Waals surface area contributed by atoms with Crippen LogP contribution in [0, 0.1) is 12.8 Å². The van der Waals surface area contributed by atoms with Crippen LogP contribution in [0.15, 0.2) is 6.07 Å². The minimum absolute atomic E-state index is 0.811. The normalized spacial score (nSPS) is 20.7. The van der Waals surface area contributed by atoms with Crippen molar-refractivity contribution in [1.29, 1.82) is 0 Å². The second-order valence-corrected chi connectivity index (χ2v) is 6.57. The van der Waals surface area contributed by atoms with E-state index in [0.717, 1.165) is 69.3 Å². The van der Waals surface area contributed by atoms with E-state index in [1.807, 2.05) is 13.0 Å². The molecule has 2 fully saturated rings. The van der Waals surface area contributed by atoms with Crippen LogP contribution >= 0.6 is 0 Å². The highest BCUT2D eigenvalue weighted by Gasteiger charge is 2.23. The van der Waals surface area contributed by atoms with Gasteiger partial charge in [-0.2, -0.15) is 4.98 Å². The van der Waals surface area contributed by atoms with Crippen molar-refractivity contribution in [2.45, 2.75) is 26.7 Å². The highest BCUT2D eigenvalue weighted by Crippen LogP contribution is 2.19.